The highest BCUT2D eigenvalue weighted by atomic mass is 19.3. The summed E-state index contributed by atoms with van der Waals surface area (Å²) in [6.07, 6.45) is -1.94. The van der Waals surface area contributed by atoms with Crippen molar-refractivity contribution < 1.29 is 13.9 Å². The lowest BCUT2D eigenvalue weighted by Gasteiger charge is -2.06. The highest BCUT2D eigenvalue weighted by Gasteiger charge is 2.16. The molecule has 0 saturated heterocycles. The number of nitrogens with zero attached hydrogens (tertiary/aromatic N) is 1. The smallest absolute Gasteiger partial charge is 0.282 e. The summed E-state index contributed by atoms with van der Waals surface area (Å²) in [5.74, 6) is -0.392. The maximum absolute atomic E-state index is 12.1. The minimum absolute atomic E-state index is 0.264. The minimum Gasteiger partial charge on any atom is -0.504 e. The van der Waals surface area contributed by atoms with E-state index in [0.29, 0.717) is 0 Å². The van der Waals surface area contributed by atoms with Gasteiger partial charge >= 0.3 is 0 Å². The second-order valence-electron chi connectivity index (χ2n) is 2.16. The molecule has 0 bridgehead atoms. The van der Waals surface area contributed by atoms with Crippen molar-refractivity contribution in [2.24, 2.45) is 0 Å². The highest BCUT2D eigenvalue weighted by Crippen LogP contribution is 2.32. The van der Waals surface area contributed by atoms with Crippen LogP contribution in [0.25, 0.3) is 0 Å². The molecule has 1 aromatic heterocycles. The molecule has 0 fully saturated rings. The van der Waals surface area contributed by atoms with Gasteiger partial charge in [-0.1, -0.05) is 0 Å². The molecule has 6 heteroatoms. The Morgan fingerprint density at radius 1 is 1.33 bits per heavy atom. The molecule has 12 heavy (non-hydrogen) atoms. The van der Waals surface area contributed by atoms with Crippen LogP contribution < -0.4 is 11.5 Å². The first-order chi connectivity index (χ1) is 5.54. The predicted octanol–water partition coefficient (Wildman–Crippen LogP) is 0.889. The summed E-state index contributed by atoms with van der Waals surface area (Å²) in [5.41, 5.74) is 9.09. The Labute approximate surface area is 66.8 Å². The fourth-order valence-electron chi connectivity index (χ4n) is 0.720. The third-order valence-electron chi connectivity index (χ3n) is 1.37. The lowest BCUT2D eigenvalue weighted by atomic mass is 10.2. The van der Waals surface area contributed by atoms with Crippen LogP contribution in [0.4, 0.5) is 20.2 Å². The molecule has 0 aliphatic rings. The molecule has 0 amide bonds. The van der Waals surface area contributed by atoms with Gasteiger partial charge in [-0.05, 0) is 0 Å². The van der Waals surface area contributed by atoms with Gasteiger partial charge in [-0.25, -0.2) is 13.8 Å². The molecule has 1 rings (SSSR count). The van der Waals surface area contributed by atoms with Gasteiger partial charge < -0.3 is 16.6 Å². The monoisotopic (exact) mass is 175 g/mol. The van der Waals surface area contributed by atoms with Gasteiger partial charge in [0.1, 0.15) is 11.4 Å². The molecule has 0 spiro atoms. The van der Waals surface area contributed by atoms with Gasteiger partial charge in [0.2, 0.25) is 0 Å². The topological polar surface area (TPSA) is 85.2 Å². The Kier molecular flexibility index (Phi) is 1.99. The molecule has 4 nitrogen and oxygen atoms in total. The van der Waals surface area contributed by atoms with Crippen molar-refractivity contribution in [2.45, 2.75) is 6.43 Å². The summed E-state index contributed by atoms with van der Waals surface area (Å²) in [7, 11) is 0. The van der Waals surface area contributed by atoms with E-state index in [9.17, 15) is 8.78 Å². The van der Waals surface area contributed by atoms with E-state index in [2.05, 4.69) is 4.98 Å². The Morgan fingerprint density at radius 2 is 1.92 bits per heavy atom. The number of anilines is 2. The number of halogens is 2. The summed E-state index contributed by atoms with van der Waals surface area (Å²) in [6.45, 7) is 0. The number of nitrogens with two attached hydrogens (primary N) is 2. The first-order valence-electron chi connectivity index (χ1n) is 3.05. The summed E-state index contributed by atoms with van der Waals surface area (Å²) in [4.78, 5) is 3.23. The van der Waals surface area contributed by atoms with E-state index in [1.807, 2.05) is 0 Å². The maximum atomic E-state index is 12.1. The van der Waals surface area contributed by atoms with Crippen molar-refractivity contribution in [3.8, 4) is 5.75 Å². The Hall–Kier alpha value is -1.59. The second kappa shape index (κ2) is 2.80. The van der Waals surface area contributed by atoms with E-state index in [4.69, 9.17) is 16.6 Å². The minimum atomic E-state index is -2.78. The summed E-state index contributed by atoms with van der Waals surface area (Å²) >= 11 is 0. The summed E-state index contributed by atoms with van der Waals surface area (Å²) < 4.78 is 24.1. The molecular formula is C6H7F2N3O. The fraction of sp³-hybridized carbons (Fsp3) is 0.167. The van der Waals surface area contributed by atoms with E-state index in [1.165, 1.54) is 0 Å². The standard InChI is InChI=1S/C6H7F2N3O/c7-6(8)5-4(10)3(9)2(12)1-11-5/h1,6,12H,10H2,(H2,9,11). The number of pyridine rings is 1. The van der Waals surface area contributed by atoms with Crippen molar-refractivity contribution >= 4 is 11.4 Å². The van der Waals surface area contributed by atoms with Crippen LogP contribution in [-0.2, 0) is 0 Å². The number of rotatable bonds is 1. The molecule has 0 radical (unpaired) electrons. The maximum Gasteiger partial charge on any atom is 0.282 e. The zero-order chi connectivity index (χ0) is 9.30. The molecular weight excluding hydrogens is 168 g/mol. The highest BCUT2D eigenvalue weighted by molar-refractivity contribution is 5.71. The molecule has 0 aromatic carbocycles. The third-order valence-corrected chi connectivity index (χ3v) is 1.37. The first-order valence-corrected chi connectivity index (χ1v) is 3.05. The first kappa shape index (κ1) is 8.51. The summed E-state index contributed by atoms with van der Waals surface area (Å²) in [6, 6.07) is 0. The zero-order valence-electron chi connectivity index (χ0n) is 5.96. The van der Waals surface area contributed by atoms with E-state index in [0.717, 1.165) is 6.20 Å². The number of alkyl halides is 2. The van der Waals surface area contributed by atoms with Gasteiger partial charge in [-0.2, -0.15) is 0 Å². The SMILES string of the molecule is Nc1c(O)cnc(C(F)F)c1N. The van der Waals surface area contributed by atoms with E-state index >= 15 is 0 Å². The normalized spacial score (nSPS) is 10.6. The van der Waals surface area contributed by atoms with E-state index in [-0.39, 0.29) is 11.4 Å². The van der Waals surface area contributed by atoms with Gasteiger partial charge in [-0.3, -0.25) is 0 Å². The molecule has 0 saturated carbocycles. The van der Waals surface area contributed by atoms with Crippen LogP contribution >= 0.6 is 0 Å². The Morgan fingerprint density at radius 3 is 2.42 bits per heavy atom. The van der Waals surface area contributed by atoms with E-state index < -0.39 is 17.9 Å². The van der Waals surface area contributed by atoms with Gasteiger partial charge in [0.25, 0.3) is 6.43 Å². The van der Waals surface area contributed by atoms with Crippen molar-refractivity contribution in [1.29, 1.82) is 0 Å². The molecule has 0 unspecified atom stereocenters. The van der Waals surface area contributed by atoms with Crippen LogP contribution in [0.1, 0.15) is 12.1 Å². The zero-order valence-corrected chi connectivity index (χ0v) is 5.96. The molecule has 1 aromatic rings. The summed E-state index contributed by atoms with van der Waals surface area (Å²) in [5, 5.41) is 8.89. The molecule has 1 heterocycles. The van der Waals surface area contributed by atoms with Gasteiger partial charge in [0.05, 0.1) is 11.9 Å². The molecule has 66 valence electrons. The van der Waals surface area contributed by atoms with Crippen LogP contribution in [0.15, 0.2) is 6.20 Å². The van der Waals surface area contributed by atoms with E-state index in [1.54, 1.807) is 0 Å². The van der Waals surface area contributed by atoms with Gasteiger partial charge in [-0.15, -0.1) is 0 Å². The number of nitrogen functional groups attached to an aromatic ring is 2. The molecule has 5 N–H and O–H groups in total. The van der Waals surface area contributed by atoms with Gasteiger partial charge in [0, 0.05) is 0 Å². The Balaban J connectivity index is 3.27. The lowest BCUT2D eigenvalue weighted by Crippen LogP contribution is -2.02. The molecule has 0 aliphatic heterocycles. The number of aromatic hydroxyl groups is 1. The quantitative estimate of drug-likeness (QED) is 0.591. The van der Waals surface area contributed by atoms with Crippen LogP contribution in [0.3, 0.4) is 0 Å². The molecule has 0 aliphatic carbocycles. The van der Waals surface area contributed by atoms with Gasteiger partial charge in [0.15, 0.2) is 5.75 Å². The van der Waals surface area contributed by atoms with Crippen LogP contribution in [0.5, 0.6) is 5.75 Å². The van der Waals surface area contributed by atoms with Crippen molar-refractivity contribution in [1.82, 2.24) is 4.98 Å². The number of hydrogen-bond acceptors (Lipinski definition) is 4. The van der Waals surface area contributed by atoms with Crippen LogP contribution in [0, 0.1) is 0 Å². The van der Waals surface area contributed by atoms with Crippen molar-refractivity contribution in [3.63, 3.8) is 0 Å². The lowest BCUT2D eigenvalue weighted by molar-refractivity contribution is 0.147. The largest absolute Gasteiger partial charge is 0.504 e. The van der Waals surface area contributed by atoms with Crippen molar-refractivity contribution in [3.05, 3.63) is 11.9 Å². The average Bonchev–Trinajstić information content (AvgIpc) is 2.00. The molecule has 0 atom stereocenters. The van der Waals surface area contributed by atoms with Crippen molar-refractivity contribution in [2.75, 3.05) is 11.5 Å². The predicted molar refractivity (Wildman–Crippen MR) is 39.7 cm³/mol. The number of aromatic nitrogens is 1. The Bertz CT molecular complexity index is 303. The number of hydrogen-bond donors (Lipinski definition) is 3. The van der Waals surface area contributed by atoms with Crippen LogP contribution in [-0.4, -0.2) is 10.1 Å². The average molecular weight is 175 g/mol. The van der Waals surface area contributed by atoms with Crippen LogP contribution in [0.2, 0.25) is 0 Å². The third kappa shape index (κ3) is 1.23. The second-order valence-corrected chi connectivity index (χ2v) is 2.16. The fourth-order valence-corrected chi connectivity index (χ4v) is 0.720.